The molecule has 1 aliphatic heterocycles. The van der Waals surface area contributed by atoms with Gasteiger partial charge in [0.1, 0.15) is 6.10 Å². The zero-order chi connectivity index (χ0) is 13.0. The largest absolute Gasteiger partial charge is 0.370 e. The van der Waals surface area contributed by atoms with Crippen LogP contribution in [0.15, 0.2) is 30.3 Å². The van der Waals surface area contributed by atoms with E-state index in [-0.39, 0.29) is 12.2 Å². The zero-order valence-electron chi connectivity index (χ0n) is 10.8. The Kier molecular flexibility index (Phi) is 4.78. The maximum absolute atomic E-state index is 5.90. The molecule has 0 spiro atoms. The van der Waals surface area contributed by atoms with Crippen molar-refractivity contribution in [2.75, 3.05) is 11.9 Å². The average Bonchev–Trinajstić information content (AvgIpc) is 2.72. The predicted molar refractivity (Wildman–Crippen MR) is 73.7 cm³/mol. The van der Waals surface area contributed by atoms with Crippen LogP contribution in [0.1, 0.15) is 19.4 Å². The van der Waals surface area contributed by atoms with Gasteiger partial charge in [0.05, 0.1) is 19.3 Å². The van der Waals surface area contributed by atoms with Gasteiger partial charge < -0.3 is 14.2 Å². The Morgan fingerprint density at radius 2 is 2.11 bits per heavy atom. The van der Waals surface area contributed by atoms with E-state index in [1.54, 1.807) is 0 Å². The van der Waals surface area contributed by atoms with Crippen molar-refractivity contribution in [3.8, 4) is 0 Å². The van der Waals surface area contributed by atoms with Gasteiger partial charge in [-0.05, 0) is 19.4 Å². The highest BCUT2D eigenvalue weighted by molar-refractivity contribution is 9.09. The van der Waals surface area contributed by atoms with Crippen molar-refractivity contribution in [2.45, 2.75) is 38.4 Å². The minimum Gasteiger partial charge on any atom is -0.370 e. The fraction of sp³-hybridized carbons (Fsp3) is 0.571. The lowest BCUT2D eigenvalue weighted by molar-refractivity contribution is -0.155. The van der Waals surface area contributed by atoms with Crippen LogP contribution in [-0.4, -0.2) is 29.9 Å². The molecule has 0 bridgehead atoms. The first-order valence-corrected chi connectivity index (χ1v) is 7.26. The zero-order valence-corrected chi connectivity index (χ0v) is 12.4. The number of ether oxygens (including phenoxy) is 3. The minimum atomic E-state index is -0.499. The molecule has 1 aromatic rings. The van der Waals surface area contributed by atoms with Gasteiger partial charge in [-0.25, -0.2) is 0 Å². The van der Waals surface area contributed by atoms with Crippen molar-refractivity contribution in [1.29, 1.82) is 0 Å². The molecule has 1 aliphatic rings. The number of benzene rings is 1. The number of hydrogen-bond acceptors (Lipinski definition) is 3. The van der Waals surface area contributed by atoms with Crippen LogP contribution in [0.2, 0.25) is 0 Å². The first-order chi connectivity index (χ1) is 8.61. The normalized spacial score (nSPS) is 24.1. The van der Waals surface area contributed by atoms with Gasteiger partial charge in [-0.2, -0.15) is 0 Å². The number of rotatable bonds is 5. The molecule has 1 fully saturated rings. The third-order valence-corrected chi connectivity index (χ3v) is 3.54. The number of hydrogen-bond donors (Lipinski definition) is 0. The van der Waals surface area contributed by atoms with E-state index in [2.05, 4.69) is 28.1 Å². The molecule has 0 aliphatic carbocycles. The highest BCUT2D eigenvalue weighted by Crippen LogP contribution is 2.26. The third kappa shape index (κ3) is 3.79. The third-order valence-electron chi connectivity index (χ3n) is 2.90. The molecular weight excluding hydrogens is 296 g/mol. The molecule has 2 rings (SSSR count). The summed E-state index contributed by atoms with van der Waals surface area (Å²) in [6.07, 6.45) is -0.00457. The van der Waals surface area contributed by atoms with Gasteiger partial charge in [0.2, 0.25) is 0 Å². The van der Waals surface area contributed by atoms with Crippen LogP contribution in [0.25, 0.3) is 0 Å². The van der Waals surface area contributed by atoms with Crippen LogP contribution >= 0.6 is 15.9 Å². The summed E-state index contributed by atoms with van der Waals surface area (Å²) in [6.45, 7) is 5.03. The summed E-state index contributed by atoms with van der Waals surface area (Å²) < 4.78 is 17.3. The van der Waals surface area contributed by atoms with Crippen LogP contribution in [0.5, 0.6) is 0 Å². The standard InChI is InChI=1S/C14H19BrO3/c1-14(2)17-10-13(18-14)12(8-15)16-9-11-6-4-3-5-7-11/h3-7,12-13H,8-10H2,1-2H3/t12-,13-/m0/s1. The highest BCUT2D eigenvalue weighted by atomic mass is 79.9. The van der Waals surface area contributed by atoms with Crippen LogP contribution in [0.4, 0.5) is 0 Å². The first kappa shape index (κ1) is 14.0. The molecule has 0 unspecified atom stereocenters. The Morgan fingerprint density at radius 3 is 2.67 bits per heavy atom. The lowest BCUT2D eigenvalue weighted by atomic mass is 10.2. The molecule has 0 saturated carbocycles. The monoisotopic (exact) mass is 314 g/mol. The SMILES string of the molecule is CC1(C)OC[C@@H]([C@H](CBr)OCc2ccccc2)O1. The Labute approximate surface area is 117 Å². The maximum atomic E-state index is 5.90. The Bertz CT molecular complexity index is 367. The fourth-order valence-corrected chi connectivity index (χ4v) is 2.53. The van der Waals surface area contributed by atoms with Gasteiger partial charge >= 0.3 is 0 Å². The van der Waals surface area contributed by atoms with Crippen molar-refractivity contribution in [2.24, 2.45) is 0 Å². The van der Waals surface area contributed by atoms with Gasteiger partial charge in [-0.15, -0.1) is 0 Å². The summed E-state index contributed by atoms with van der Waals surface area (Å²) >= 11 is 3.48. The van der Waals surface area contributed by atoms with Crippen LogP contribution in [0.3, 0.4) is 0 Å². The van der Waals surface area contributed by atoms with E-state index in [0.29, 0.717) is 13.2 Å². The minimum absolute atomic E-state index is 0.00646. The van der Waals surface area contributed by atoms with Crippen molar-refractivity contribution in [3.05, 3.63) is 35.9 Å². The smallest absolute Gasteiger partial charge is 0.163 e. The molecule has 1 heterocycles. The number of halogens is 1. The van der Waals surface area contributed by atoms with E-state index in [1.165, 1.54) is 5.56 Å². The molecule has 18 heavy (non-hydrogen) atoms. The average molecular weight is 315 g/mol. The molecule has 1 aromatic carbocycles. The van der Waals surface area contributed by atoms with Crippen LogP contribution in [0, 0.1) is 0 Å². The van der Waals surface area contributed by atoms with Gasteiger partial charge in [0, 0.05) is 5.33 Å². The number of alkyl halides is 1. The molecule has 1 saturated heterocycles. The molecule has 0 aromatic heterocycles. The Hall–Kier alpha value is -0.420. The predicted octanol–water partition coefficient (Wildman–Crippen LogP) is 3.12. The molecule has 4 heteroatoms. The fourth-order valence-electron chi connectivity index (χ4n) is 1.93. The molecule has 2 atom stereocenters. The summed E-state index contributed by atoms with van der Waals surface area (Å²) in [5, 5.41) is 0.740. The van der Waals surface area contributed by atoms with Gasteiger partial charge in [0.15, 0.2) is 5.79 Å². The van der Waals surface area contributed by atoms with E-state index in [4.69, 9.17) is 14.2 Å². The van der Waals surface area contributed by atoms with E-state index in [0.717, 1.165) is 5.33 Å². The summed E-state index contributed by atoms with van der Waals surface area (Å²) in [7, 11) is 0. The van der Waals surface area contributed by atoms with E-state index >= 15 is 0 Å². The maximum Gasteiger partial charge on any atom is 0.163 e. The molecular formula is C14H19BrO3. The summed E-state index contributed by atoms with van der Waals surface area (Å²) in [5.74, 6) is -0.499. The van der Waals surface area contributed by atoms with E-state index < -0.39 is 5.79 Å². The summed E-state index contributed by atoms with van der Waals surface area (Å²) in [5.41, 5.74) is 1.17. The van der Waals surface area contributed by atoms with E-state index in [1.807, 2.05) is 32.0 Å². The van der Waals surface area contributed by atoms with Gasteiger partial charge in [-0.3, -0.25) is 0 Å². The summed E-state index contributed by atoms with van der Waals surface area (Å²) in [6, 6.07) is 10.1. The quantitative estimate of drug-likeness (QED) is 0.782. The topological polar surface area (TPSA) is 27.7 Å². The van der Waals surface area contributed by atoms with E-state index in [9.17, 15) is 0 Å². The molecule has 100 valence electrons. The van der Waals surface area contributed by atoms with Crippen molar-refractivity contribution < 1.29 is 14.2 Å². The van der Waals surface area contributed by atoms with Crippen molar-refractivity contribution in [1.82, 2.24) is 0 Å². The highest BCUT2D eigenvalue weighted by Gasteiger charge is 2.37. The van der Waals surface area contributed by atoms with Gasteiger partial charge in [-0.1, -0.05) is 46.3 Å². The van der Waals surface area contributed by atoms with Gasteiger partial charge in [0.25, 0.3) is 0 Å². The molecule has 0 N–H and O–H groups in total. The first-order valence-electron chi connectivity index (χ1n) is 6.14. The van der Waals surface area contributed by atoms with Crippen LogP contribution < -0.4 is 0 Å². The summed E-state index contributed by atoms with van der Waals surface area (Å²) in [4.78, 5) is 0. The van der Waals surface area contributed by atoms with Crippen molar-refractivity contribution in [3.63, 3.8) is 0 Å². The second-order valence-corrected chi connectivity index (χ2v) is 5.50. The Morgan fingerprint density at radius 1 is 1.39 bits per heavy atom. The molecule has 3 nitrogen and oxygen atoms in total. The second-order valence-electron chi connectivity index (χ2n) is 4.86. The van der Waals surface area contributed by atoms with Crippen molar-refractivity contribution >= 4 is 15.9 Å². The van der Waals surface area contributed by atoms with Crippen LogP contribution in [-0.2, 0) is 20.8 Å². The lowest BCUT2D eigenvalue weighted by Crippen LogP contribution is -2.34. The second kappa shape index (κ2) is 6.15. The molecule has 0 radical (unpaired) electrons. The molecule has 0 amide bonds. The lowest BCUT2D eigenvalue weighted by Gasteiger charge is -2.23. The Balaban J connectivity index is 1.87.